The van der Waals surface area contributed by atoms with Gasteiger partial charge in [-0.3, -0.25) is 0 Å². The van der Waals surface area contributed by atoms with E-state index in [0.717, 1.165) is 6.42 Å². The zero-order chi connectivity index (χ0) is 11.5. The van der Waals surface area contributed by atoms with Gasteiger partial charge in [0.25, 0.3) is 0 Å². The maximum Gasteiger partial charge on any atom is 0.393 e. The first-order chi connectivity index (χ1) is 6.95. The van der Waals surface area contributed by atoms with Crippen molar-refractivity contribution in [3.8, 4) is 0 Å². The fourth-order valence-electron chi connectivity index (χ4n) is 1.94. The predicted molar refractivity (Wildman–Crippen MR) is 49.4 cm³/mol. The van der Waals surface area contributed by atoms with E-state index in [1.54, 1.807) is 0 Å². The molecule has 3 nitrogen and oxygen atoms in total. The van der Waals surface area contributed by atoms with E-state index in [4.69, 9.17) is 0 Å². The molecule has 0 spiro atoms. The monoisotopic (exact) mass is 224 g/mol. The van der Waals surface area contributed by atoms with Crippen molar-refractivity contribution in [2.75, 3.05) is 7.05 Å². The molecule has 1 aliphatic carbocycles. The van der Waals surface area contributed by atoms with E-state index in [1.807, 2.05) is 0 Å². The molecule has 88 valence electrons. The van der Waals surface area contributed by atoms with Gasteiger partial charge in [-0.2, -0.15) is 13.2 Å². The molecule has 15 heavy (non-hydrogen) atoms. The van der Waals surface area contributed by atoms with Gasteiger partial charge in [-0.1, -0.05) is 12.8 Å². The minimum Gasteiger partial charge on any atom is -0.341 e. The summed E-state index contributed by atoms with van der Waals surface area (Å²) < 4.78 is 37.7. The second-order valence-corrected chi connectivity index (χ2v) is 3.76. The number of alkyl halides is 3. The zero-order valence-corrected chi connectivity index (χ0v) is 8.53. The summed E-state index contributed by atoms with van der Waals surface area (Å²) in [6.45, 7) is 0. The van der Waals surface area contributed by atoms with Crippen LogP contribution in [0.1, 0.15) is 25.7 Å². The third kappa shape index (κ3) is 3.28. The van der Waals surface area contributed by atoms with Crippen LogP contribution in [0.25, 0.3) is 0 Å². The van der Waals surface area contributed by atoms with E-state index in [9.17, 15) is 18.0 Å². The van der Waals surface area contributed by atoms with Crippen LogP contribution in [0.15, 0.2) is 0 Å². The summed E-state index contributed by atoms with van der Waals surface area (Å²) in [5, 5.41) is 4.62. The van der Waals surface area contributed by atoms with E-state index in [0.29, 0.717) is 12.8 Å². The Labute approximate surface area is 86.4 Å². The molecule has 2 atom stereocenters. The lowest BCUT2D eigenvalue weighted by Gasteiger charge is -2.33. The number of hydrogen-bond acceptors (Lipinski definition) is 1. The molecule has 0 aromatic carbocycles. The van der Waals surface area contributed by atoms with E-state index in [-0.39, 0.29) is 6.42 Å². The molecule has 2 N–H and O–H groups in total. The molecule has 0 bridgehead atoms. The number of urea groups is 1. The highest BCUT2D eigenvalue weighted by atomic mass is 19.4. The molecule has 0 aromatic heterocycles. The average Bonchev–Trinajstić information content (AvgIpc) is 2.17. The van der Waals surface area contributed by atoms with Crippen LogP contribution in [0.3, 0.4) is 0 Å². The lowest BCUT2D eigenvalue weighted by molar-refractivity contribution is -0.187. The standard InChI is InChI=1S/C9H15F3N2O/c1-13-8(15)14-7-5-3-2-4-6(7)9(10,11)12/h6-7H,2-5H2,1H3,(H2,13,14,15)/t6-,7+/m0/s1. The molecule has 0 saturated heterocycles. The molecule has 0 heterocycles. The molecule has 0 aliphatic heterocycles. The number of carbonyl (C=O) groups is 1. The Morgan fingerprint density at radius 2 is 1.87 bits per heavy atom. The number of nitrogens with one attached hydrogen (secondary N) is 2. The summed E-state index contributed by atoms with van der Waals surface area (Å²) in [5.41, 5.74) is 0. The molecule has 0 unspecified atom stereocenters. The summed E-state index contributed by atoms with van der Waals surface area (Å²) >= 11 is 0. The Balaban J connectivity index is 2.62. The number of carbonyl (C=O) groups excluding carboxylic acids is 1. The molecule has 1 rings (SSSR count). The van der Waals surface area contributed by atoms with Crippen LogP contribution in [0.5, 0.6) is 0 Å². The van der Waals surface area contributed by atoms with Crippen molar-refractivity contribution in [2.45, 2.75) is 37.9 Å². The minimum absolute atomic E-state index is 0.109. The van der Waals surface area contributed by atoms with E-state index in [1.165, 1.54) is 7.05 Å². The first kappa shape index (κ1) is 12.1. The molecular formula is C9H15F3N2O. The minimum atomic E-state index is -4.22. The lowest BCUT2D eigenvalue weighted by Crippen LogP contribution is -2.50. The van der Waals surface area contributed by atoms with Gasteiger partial charge in [0.15, 0.2) is 0 Å². The Hall–Kier alpha value is -0.940. The van der Waals surface area contributed by atoms with Crippen LogP contribution in [0.4, 0.5) is 18.0 Å². The van der Waals surface area contributed by atoms with Crippen molar-refractivity contribution in [1.29, 1.82) is 0 Å². The maximum absolute atomic E-state index is 12.6. The fraction of sp³-hybridized carbons (Fsp3) is 0.889. The molecule has 1 saturated carbocycles. The second-order valence-electron chi connectivity index (χ2n) is 3.76. The first-order valence-electron chi connectivity index (χ1n) is 5.00. The molecule has 1 aliphatic rings. The fourth-order valence-corrected chi connectivity index (χ4v) is 1.94. The Morgan fingerprint density at radius 1 is 1.27 bits per heavy atom. The van der Waals surface area contributed by atoms with Gasteiger partial charge in [-0.25, -0.2) is 4.79 Å². The predicted octanol–water partition coefficient (Wildman–Crippen LogP) is 2.04. The maximum atomic E-state index is 12.6. The Morgan fingerprint density at radius 3 is 2.40 bits per heavy atom. The molecule has 1 fully saturated rings. The highest BCUT2D eigenvalue weighted by Gasteiger charge is 2.45. The number of amides is 2. The van der Waals surface area contributed by atoms with Crippen molar-refractivity contribution in [3.63, 3.8) is 0 Å². The molecule has 0 radical (unpaired) electrons. The van der Waals surface area contributed by atoms with Crippen LogP contribution < -0.4 is 10.6 Å². The lowest BCUT2D eigenvalue weighted by atomic mass is 9.84. The quantitative estimate of drug-likeness (QED) is 0.703. The third-order valence-corrected chi connectivity index (χ3v) is 2.73. The van der Waals surface area contributed by atoms with Crippen molar-refractivity contribution in [1.82, 2.24) is 10.6 Å². The molecule has 0 aromatic rings. The van der Waals surface area contributed by atoms with E-state index >= 15 is 0 Å². The number of rotatable bonds is 1. The smallest absolute Gasteiger partial charge is 0.341 e. The van der Waals surface area contributed by atoms with E-state index in [2.05, 4.69) is 10.6 Å². The third-order valence-electron chi connectivity index (χ3n) is 2.73. The Bertz CT molecular complexity index is 230. The van der Waals surface area contributed by atoms with Crippen molar-refractivity contribution < 1.29 is 18.0 Å². The number of halogens is 3. The zero-order valence-electron chi connectivity index (χ0n) is 8.53. The van der Waals surface area contributed by atoms with Crippen LogP contribution in [0, 0.1) is 5.92 Å². The van der Waals surface area contributed by atoms with Crippen molar-refractivity contribution in [2.24, 2.45) is 5.92 Å². The second kappa shape index (κ2) is 4.72. The van der Waals surface area contributed by atoms with Crippen molar-refractivity contribution in [3.05, 3.63) is 0 Å². The van der Waals surface area contributed by atoms with Gasteiger partial charge in [0.1, 0.15) is 0 Å². The van der Waals surface area contributed by atoms with Crippen LogP contribution >= 0.6 is 0 Å². The highest BCUT2D eigenvalue weighted by Crippen LogP contribution is 2.37. The van der Waals surface area contributed by atoms with Gasteiger partial charge in [0, 0.05) is 13.1 Å². The summed E-state index contributed by atoms with van der Waals surface area (Å²) in [6, 6.07) is -1.32. The largest absolute Gasteiger partial charge is 0.393 e. The normalized spacial score (nSPS) is 27.2. The molecular weight excluding hydrogens is 209 g/mol. The number of hydrogen-bond donors (Lipinski definition) is 2. The molecule has 2 amide bonds. The van der Waals surface area contributed by atoms with Crippen LogP contribution in [0.2, 0.25) is 0 Å². The first-order valence-corrected chi connectivity index (χ1v) is 5.00. The molecule has 6 heteroatoms. The summed E-state index contributed by atoms with van der Waals surface area (Å²) in [7, 11) is 1.39. The van der Waals surface area contributed by atoms with Gasteiger partial charge in [-0.05, 0) is 12.8 Å². The highest BCUT2D eigenvalue weighted by molar-refractivity contribution is 5.73. The van der Waals surface area contributed by atoms with Gasteiger partial charge >= 0.3 is 12.2 Å². The summed E-state index contributed by atoms with van der Waals surface area (Å²) in [6.07, 6.45) is -2.39. The van der Waals surface area contributed by atoms with Crippen LogP contribution in [-0.2, 0) is 0 Å². The van der Waals surface area contributed by atoms with Crippen LogP contribution in [-0.4, -0.2) is 25.3 Å². The van der Waals surface area contributed by atoms with Gasteiger partial charge in [0.2, 0.25) is 0 Å². The summed E-state index contributed by atoms with van der Waals surface area (Å²) in [4.78, 5) is 11.0. The van der Waals surface area contributed by atoms with Gasteiger partial charge < -0.3 is 10.6 Å². The average molecular weight is 224 g/mol. The Kier molecular flexibility index (Phi) is 3.82. The van der Waals surface area contributed by atoms with Crippen molar-refractivity contribution >= 4 is 6.03 Å². The van der Waals surface area contributed by atoms with E-state index < -0.39 is 24.2 Å². The van der Waals surface area contributed by atoms with Gasteiger partial charge in [0.05, 0.1) is 5.92 Å². The SMILES string of the molecule is CNC(=O)N[C@@H]1CCCC[C@@H]1C(F)(F)F. The van der Waals surface area contributed by atoms with Gasteiger partial charge in [-0.15, -0.1) is 0 Å². The summed E-state index contributed by atoms with van der Waals surface area (Å²) in [5.74, 6) is -1.40. The topological polar surface area (TPSA) is 41.1 Å².